The zero-order chi connectivity index (χ0) is 27.0. The predicted octanol–water partition coefficient (Wildman–Crippen LogP) is 4.01. The zero-order valence-electron chi connectivity index (χ0n) is 19.2. The van der Waals surface area contributed by atoms with Crippen molar-refractivity contribution in [3.05, 3.63) is 72.3 Å². The molecule has 1 aliphatic rings. The molecule has 2 heterocycles. The summed E-state index contributed by atoms with van der Waals surface area (Å²) in [6, 6.07) is 5.54. The summed E-state index contributed by atoms with van der Waals surface area (Å²) in [6.07, 6.45) is -6.20. The lowest BCUT2D eigenvalue weighted by Crippen LogP contribution is -2.53. The lowest BCUT2D eigenvalue weighted by Gasteiger charge is -2.39. The molecule has 2 aromatic carbocycles. The fraction of sp³-hybridized carbons (Fsp3) is 0.348. The van der Waals surface area contributed by atoms with Crippen molar-refractivity contribution in [3.63, 3.8) is 0 Å². The number of alkyl halides is 4. The normalized spacial score (nSPS) is 16.8. The van der Waals surface area contributed by atoms with E-state index in [0.717, 1.165) is 24.3 Å². The molecule has 2 atom stereocenters. The van der Waals surface area contributed by atoms with Gasteiger partial charge >= 0.3 is 18.6 Å². The summed E-state index contributed by atoms with van der Waals surface area (Å²) >= 11 is 0. The van der Waals surface area contributed by atoms with Crippen molar-refractivity contribution in [2.24, 2.45) is 0 Å². The summed E-state index contributed by atoms with van der Waals surface area (Å²) in [5, 5.41) is 15.6. The SMILES string of the molecule is C[C@@H](N1CCN(c2ccc(OC(F)(F)C(F)F)cc2)C1=O)[C@](O)(Cn1cncn1)c1ccc(F)cc1F. The number of aromatic nitrogens is 3. The summed E-state index contributed by atoms with van der Waals surface area (Å²) < 4.78 is 84.7. The van der Waals surface area contributed by atoms with Gasteiger partial charge in [-0.05, 0) is 37.3 Å². The highest BCUT2D eigenvalue weighted by Crippen LogP contribution is 2.35. The molecule has 0 spiro atoms. The number of urea groups is 1. The van der Waals surface area contributed by atoms with Gasteiger partial charge in [0.25, 0.3) is 0 Å². The van der Waals surface area contributed by atoms with E-state index in [1.165, 1.54) is 46.2 Å². The molecule has 1 aromatic heterocycles. The van der Waals surface area contributed by atoms with Crippen LogP contribution in [0.25, 0.3) is 0 Å². The third-order valence-electron chi connectivity index (χ3n) is 6.12. The number of halogens is 6. The monoisotopic (exact) mass is 529 g/mol. The minimum atomic E-state index is -4.68. The van der Waals surface area contributed by atoms with Crippen LogP contribution in [0.2, 0.25) is 0 Å². The minimum Gasteiger partial charge on any atom is -0.428 e. The fourth-order valence-electron chi connectivity index (χ4n) is 4.15. The molecule has 1 aliphatic heterocycles. The Morgan fingerprint density at radius 1 is 1.11 bits per heavy atom. The molecule has 0 unspecified atom stereocenters. The average molecular weight is 529 g/mol. The topological polar surface area (TPSA) is 83.7 Å². The van der Waals surface area contributed by atoms with E-state index >= 15 is 0 Å². The second-order valence-corrected chi connectivity index (χ2v) is 8.40. The van der Waals surface area contributed by atoms with E-state index in [0.29, 0.717) is 6.07 Å². The van der Waals surface area contributed by atoms with Crippen molar-refractivity contribution in [1.29, 1.82) is 0 Å². The molecule has 198 valence electrons. The standard InChI is InChI=1S/C23H21F6N5O3/c1-14(22(36,11-32-13-30-12-31-32)18-7-2-15(24)10-19(18)25)33-8-9-34(21(33)35)16-3-5-17(6-4-16)37-23(28,29)20(26)27/h2-7,10,12-14,20,36H,8-9,11H2,1H3/t14-,22-/m1/s1. The molecule has 3 aromatic rings. The van der Waals surface area contributed by atoms with E-state index in [-0.39, 0.29) is 30.9 Å². The molecular formula is C23H21F6N5O3. The number of carbonyl (C=O) groups excluding carboxylic acids is 1. The van der Waals surface area contributed by atoms with Crippen LogP contribution in [-0.2, 0) is 12.1 Å². The maximum atomic E-state index is 14.8. The molecular weight excluding hydrogens is 508 g/mol. The molecule has 0 aliphatic carbocycles. The van der Waals surface area contributed by atoms with Gasteiger partial charge < -0.3 is 14.7 Å². The first kappa shape index (κ1) is 26.3. The number of rotatable bonds is 9. The number of carbonyl (C=O) groups is 1. The number of hydrogen-bond acceptors (Lipinski definition) is 5. The van der Waals surface area contributed by atoms with E-state index in [2.05, 4.69) is 14.8 Å². The van der Waals surface area contributed by atoms with Crippen LogP contribution >= 0.6 is 0 Å². The highest BCUT2D eigenvalue weighted by atomic mass is 19.3. The molecule has 0 bridgehead atoms. The molecule has 14 heteroatoms. The molecule has 0 radical (unpaired) electrons. The van der Waals surface area contributed by atoms with Crippen LogP contribution in [-0.4, -0.2) is 62.5 Å². The van der Waals surface area contributed by atoms with Crippen LogP contribution in [0, 0.1) is 11.6 Å². The Morgan fingerprint density at radius 2 is 1.81 bits per heavy atom. The average Bonchev–Trinajstić information content (AvgIpc) is 3.48. The first-order valence-corrected chi connectivity index (χ1v) is 11.0. The Hall–Kier alpha value is -3.81. The van der Waals surface area contributed by atoms with Gasteiger partial charge in [-0.25, -0.2) is 23.2 Å². The van der Waals surface area contributed by atoms with Crippen LogP contribution < -0.4 is 9.64 Å². The summed E-state index contributed by atoms with van der Waals surface area (Å²) in [5.41, 5.74) is -2.07. The fourth-order valence-corrected chi connectivity index (χ4v) is 4.15. The van der Waals surface area contributed by atoms with Gasteiger partial charge in [-0.3, -0.25) is 4.90 Å². The maximum absolute atomic E-state index is 14.8. The highest BCUT2D eigenvalue weighted by Gasteiger charge is 2.47. The molecule has 0 saturated carbocycles. The maximum Gasteiger partial charge on any atom is 0.461 e. The van der Waals surface area contributed by atoms with Gasteiger partial charge in [0.05, 0.1) is 12.6 Å². The molecule has 1 N–H and O–H groups in total. The first-order valence-electron chi connectivity index (χ1n) is 11.0. The Morgan fingerprint density at radius 3 is 2.41 bits per heavy atom. The van der Waals surface area contributed by atoms with Crippen molar-refractivity contribution in [1.82, 2.24) is 19.7 Å². The largest absolute Gasteiger partial charge is 0.461 e. The summed E-state index contributed by atoms with van der Waals surface area (Å²) in [4.78, 5) is 19.6. The number of benzene rings is 2. The number of amides is 2. The lowest BCUT2D eigenvalue weighted by molar-refractivity contribution is -0.253. The molecule has 1 saturated heterocycles. The molecule has 8 nitrogen and oxygen atoms in total. The van der Waals surface area contributed by atoms with Crippen molar-refractivity contribution < 1.29 is 41.0 Å². The number of aliphatic hydroxyl groups is 1. The quantitative estimate of drug-likeness (QED) is 0.424. The van der Waals surface area contributed by atoms with Gasteiger partial charge in [-0.2, -0.15) is 22.7 Å². The Bertz CT molecular complexity index is 1240. The number of hydrogen-bond donors (Lipinski definition) is 1. The van der Waals surface area contributed by atoms with Crippen molar-refractivity contribution >= 4 is 11.7 Å². The third-order valence-corrected chi connectivity index (χ3v) is 6.12. The van der Waals surface area contributed by atoms with Crippen LogP contribution in [0.15, 0.2) is 55.1 Å². The van der Waals surface area contributed by atoms with Gasteiger partial charge in [0.15, 0.2) is 0 Å². The molecule has 4 rings (SSSR count). The Kier molecular flexibility index (Phi) is 7.04. The summed E-state index contributed by atoms with van der Waals surface area (Å²) in [7, 11) is 0. The van der Waals surface area contributed by atoms with Crippen LogP contribution in [0.1, 0.15) is 12.5 Å². The lowest BCUT2D eigenvalue weighted by atomic mass is 9.85. The van der Waals surface area contributed by atoms with E-state index in [4.69, 9.17) is 0 Å². The van der Waals surface area contributed by atoms with Crippen molar-refractivity contribution in [2.45, 2.75) is 37.6 Å². The summed E-state index contributed by atoms with van der Waals surface area (Å²) in [6.45, 7) is 1.38. The Balaban J connectivity index is 1.58. The number of ether oxygens (including phenoxy) is 1. The highest BCUT2D eigenvalue weighted by molar-refractivity contribution is 5.94. The minimum absolute atomic E-state index is 0.0875. The Labute approximate surface area is 206 Å². The van der Waals surface area contributed by atoms with Crippen LogP contribution in [0.5, 0.6) is 5.75 Å². The van der Waals surface area contributed by atoms with Crippen molar-refractivity contribution in [2.75, 3.05) is 18.0 Å². The molecule has 2 amide bonds. The van der Waals surface area contributed by atoms with Crippen molar-refractivity contribution in [3.8, 4) is 5.75 Å². The number of anilines is 1. The van der Waals surface area contributed by atoms with Gasteiger partial charge in [0.2, 0.25) is 0 Å². The van der Waals surface area contributed by atoms with E-state index in [9.17, 15) is 36.2 Å². The van der Waals surface area contributed by atoms with Gasteiger partial charge in [-0.1, -0.05) is 6.07 Å². The number of nitrogens with zero attached hydrogens (tertiary/aromatic N) is 5. The van der Waals surface area contributed by atoms with Gasteiger partial charge in [-0.15, -0.1) is 0 Å². The summed E-state index contributed by atoms with van der Waals surface area (Å²) in [5.74, 6) is -2.40. The van der Waals surface area contributed by atoms with Crippen LogP contribution in [0.3, 0.4) is 0 Å². The zero-order valence-corrected chi connectivity index (χ0v) is 19.2. The van der Waals surface area contributed by atoms with E-state index in [1.54, 1.807) is 0 Å². The smallest absolute Gasteiger partial charge is 0.428 e. The van der Waals surface area contributed by atoms with Gasteiger partial charge in [0.1, 0.15) is 35.6 Å². The molecule has 1 fully saturated rings. The predicted molar refractivity (Wildman–Crippen MR) is 117 cm³/mol. The van der Waals surface area contributed by atoms with E-state index < -0.39 is 47.6 Å². The second-order valence-electron chi connectivity index (χ2n) is 8.40. The van der Waals surface area contributed by atoms with Gasteiger partial charge in [0, 0.05) is 30.4 Å². The second kappa shape index (κ2) is 9.92. The first-order chi connectivity index (χ1) is 17.4. The third kappa shape index (κ3) is 5.19. The van der Waals surface area contributed by atoms with E-state index in [1.807, 2.05) is 0 Å². The molecule has 37 heavy (non-hydrogen) atoms. The van der Waals surface area contributed by atoms with Crippen LogP contribution in [0.4, 0.5) is 36.8 Å².